The predicted octanol–water partition coefficient (Wildman–Crippen LogP) is 17.2. The molecule has 0 N–H and O–H groups in total. The van der Waals surface area contributed by atoms with Crippen molar-refractivity contribution in [2.45, 2.75) is 0 Å². The smallest absolute Gasteiger partial charge is 0.0546 e. The average Bonchev–Trinajstić information content (AvgIpc) is 3.71. The lowest BCUT2D eigenvalue weighted by Gasteiger charge is -2.27. The number of hydrogen-bond donors (Lipinski definition) is 0. The molecule has 1 heterocycles. The maximum Gasteiger partial charge on any atom is 0.0546 e. The maximum atomic E-state index is 2.44. The molecule has 12 aromatic rings. The molecule has 12 rings (SSSR count). The molecule has 2 nitrogen and oxygen atoms in total. The summed E-state index contributed by atoms with van der Waals surface area (Å²) in [5.74, 6) is 0. The van der Waals surface area contributed by atoms with Crippen molar-refractivity contribution in [2.24, 2.45) is 0 Å². The first-order valence-electron chi connectivity index (χ1n) is 22.0. The van der Waals surface area contributed by atoms with Crippen molar-refractivity contribution in [3.05, 3.63) is 255 Å². The third-order valence-corrected chi connectivity index (χ3v) is 12.8. The van der Waals surface area contributed by atoms with Gasteiger partial charge in [0.2, 0.25) is 0 Å². The minimum Gasteiger partial charge on any atom is -0.310 e. The SMILES string of the molecule is c1ccc(-c2c(-c3ccc(N(c4ccc(-c5ccc(-c6ccccc6)c6ccccc56)cc4)c4cccc5ccccc45)cc3)cccc2-n2c3ccccc3c3ccccc32)cc1. The van der Waals surface area contributed by atoms with Crippen molar-refractivity contribution in [1.29, 1.82) is 0 Å². The molecule has 0 aliphatic rings. The first-order valence-corrected chi connectivity index (χ1v) is 22.0. The molecule has 0 fully saturated rings. The third kappa shape index (κ3) is 6.35. The lowest BCUT2D eigenvalue weighted by Crippen LogP contribution is -2.10. The molecule has 0 bridgehead atoms. The van der Waals surface area contributed by atoms with Gasteiger partial charge >= 0.3 is 0 Å². The van der Waals surface area contributed by atoms with E-state index in [1.54, 1.807) is 0 Å². The second kappa shape index (κ2) is 15.8. The largest absolute Gasteiger partial charge is 0.310 e. The standard InChI is InChI=1S/C62H42N2/c1-3-17-43(18-4-1)50-41-42-51(55-25-10-9-24-54(50)55)45-33-37-48(38-34-45)63(58-31-15-22-44-19-7-8-23-52(44)58)49-39-35-46(36-40-49)53-28-16-32-61(62(53)47-20-5-2-6-21-47)64-59-29-13-11-26-56(59)57-27-12-14-30-60(57)64/h1-42H. The molecular weight excluding hydrogens is 773 g/mol. The monoisotopic (exact) mass is 814 g/mol. The van der Waals surface area contributed by atoms with Crippen LogP contribution >= 0.6 is 0 Å². The van der Waals surface area contributed by atoms with Crippen LogP contribution < -0.4 is 4.90 Å². The van der Waals surface area contributed by atoms with Crippen LogP contribution in [0.25, 0.3) is 93.5 Å². The summed E-state index contributed by atoms with van der Waals surface area (Å²) in [6, 6.07) is 92.6. The van der Waals surface area contributed by atoms with Gasteiger partial charge in [-0.15, -0.1) is 0 Å². The van der Waals surface area contributed by atoms with Gasteiger partial charge in [0.05, 0.1) is 22.4 Å². The zero-order chi connectivity index (χ0) is 42.4. The lowest BCUT2D eigenvalue weighted by molar-refractivity contribution is 1.18. The summed E-state index contributed by atoms with van der Waals surface area (Å²) in [7, 11) is 0. The molecule has 64 heavy (non-hydrogen) atoms. The number of rotatable bonds is 8. The van der Waals surface area contributed by atoms with Gasteiger partial charge in [0, 0.05) is 33.1 Å². The second-order valence-corrected chi connectivity index (χ2v) is 16.4. The van der Waals surface area contributed by atoms with Crippen molar-refractivity contribution < 1.29 is 0 Å². The molecule has 0 atom stereocenters. The van der Waals surface area contributed by atoms with E-state index in [0.29, 0.717) is 0 Å². The van der Waals surface area contributed by atoms with Gasteiger partial charge in [0.25, 0.3) is 0 Å². The molecule has 0 radical (unpaired) electrons. The first kappa shape index (κ1) is 37.3. The molecule has 11 aromatic carbocycles. The lowest BCUT2D eigenvalue weighted by atomic mass is 9.92. The van der Waals surface area contributed by atoms with E-state index in [1.165, 1.54) is 82.3 Å². The minimum absolute atomic E-state index is 1.09. The molecule has 0 aliphatic carbocycles. The van der Waals surface area contributed by atoms with E-state index in [-0.39, 0.29) is 0 Å². The molecule has 0 unspecified atom stereocenters. The Balaban J connectivity index is 0.987. The molecule has 2 heteroatoms. The van der Waals surface area contributed by atoms with E-state index in [4.69, 9.17) is 0 Å². The number of fused-ring (bicyclic) bond motifs is 5. The van der Waals surface area contributed by atoms with Crippen LogP contribution in [-0.2, 0) is 0 Å². The fourth-order valence-electron chi connectivity index (χ4n) is 9.89. The molecule has 0 amide bonds. The summed E-state index contributed by atoms with van der Waals surface area (Å²) in [6.45, 7) is 0. The number of hydrogen-bond acceptors (Lipinski definition) is 1. The normalized spacial score (nSPS) is 11.4. The van der Waals surface area contributed by atoms with Gasteiger partial charge in [-0.3, -0.25) is 0 Å². The van der Waals surface area contributed by atoms with E-state index in [2.05, 4.69) is 264 Å². The van der Waals surface area contributed by atoms with Gasteiger partial charge in [-0.2, -0.15) is 0 Å². The summed E-state index contributed by atoms with van der Waals surface area (Å²) >= 11 is 0. The van der Waals surface area contributed by atoms with Crippen LogP contribution in [0.2, 0.25) is 0 Å². The summed E-state index contributed by atoms with van der Waals surface area (Å²) in [5, 5.41) is 7.41. The number of para-hydroxylation sites is 2. The number of anilines is 3. The van der Waals surface area contributed by atoms with Gasteiger partial charge < -0.3 is 9.47 Å². The van der Waals surface area contributed by atoms with Gasteiger partial charge in [0.15, 0.2) is 0 Å². The quantitative estimate of drug-likeness (QED) is 0.148. The highest BCUT2D eigenvalue weighted by molar-refractivity contribution is 6.10. The van der Waals surface area contributed by atoms with Crippen LogP contribution in [0.15, 0.2) is 255 Å². The van der Waals surface area contributed by atoms with E-state index < -0.39 is 0 Å². The Labute approximate surface area is 373 Å². The Bertz CT molecular complexity index is 3580. The van der Waals surface area contributed by atoms with Crippen molar-refractivity contribution >= 4 is 60.4 Å². The van der Waals surface area contributed by atoms with Gasteiger partial charge in [-0.1, -0.05) is 206 Å². The molecule has 0 saturated carbocycles. The Hall–Kier alpha value is -8.46. The van der Waals surface area contributed by atoms with E-state index in [0.717, 1.165) is 28.3 Å². The molecule has 300 valence electrons. The highest BCUT2D eigenvalue weighted by atomic mass is 15.1. The molecular formula is C62H42N2. The zero-order valence-electron chi connectivity index (χ0n) is 35.1. The third-order valence-electron chi connectivity index (χ3n) is 12.8. The van der Waals surface area contributed by atoms with E-state index in [1.807, 2.05) is 0 Å². The van der Waals surface area contributed by atoms with Crippen LogP contribution in [0.3, 0.4) is 0 Å². The molecule has 1 aromatic heterocycles. The summed E-state index contributed by atoms with van der Waals surface area (Å²) in [5.41, 5.74) is 16.5. The van der Waals surface area contributed by atoms with Crippen LogP contribution in [0.5, 0.6) is 0 Å². The second-order valence-electron chi connectivity index (χ2n) is 16.4. The minimum atomic E-state index is 1.09. The van der Waals surface area contributed by atoms with Crippen molar-refractivity contribution in [3.8, 4) is 50.2 Å². The highest BCUT2D eigenvalue weighted by Crippen LogP contribution is 2.44. The zero-order valence-corrected chi connectivity index (χ0v) is 35.1. The van der Waals surface area contributed by atoms with Gasteiger partial charge in [0.1, 0.15) is 0 Å². The average molecular weight is 815 g/mol. The molecule has 0 saturated heterocycles. The summed E-state index contributed by atoms with van der Waals surface area (Å²) in [4.78, 5) is 2.40. The maximum absolute atomic E-state index is 2.44. The van der Waals surface area contributed by atoms with Crippen LogP contribution in [0.4, 0.5) is 17.1 Å². The van der Waals surface area contributed by atoms with Crippen LogP contribution in [-0.4, -0.2) is 4.57 Å². The Morgan fingerprint density at radius 3 is 1.30 bits per heavy atom. The van der Waals surface area contributed by atoms with Gasteiger partial charge in [-0.25, -0.2) is 0 Å². The van der Waals surface area contributed by atoms with Crippen LogP contribution in [0.1, 0.15) is 0 Å². The molecule has 0 spiro atoms. The Morgan fingerprint density at radius 1 is 0.266 bits per heavy atom. The summed E-state index contributed by atoms with van der Waals surface area (Å²) < 4.78 is 2.44. The topological polar surface area (TPSA) is 8.17 Å². The van der Waals surface area contributed by atoms with Crippen LogP contribution in [0, 0.1) is 0 Å². The van der Waals surface area contributed by atoms with Crippen molar-refractivity contribution in [1.82, 2.24) is 4.57 Å². The highest BCUT2D eigenvalue weighted by Gasteiger charge is 2.21. The van der Waals surface area contributed by atoms with Gasteiger partial charge in [-0.05, 0) is 104 Å². The number of nitrogens with zero attached hydrogens (tertiary/aromatic N) is 2. The van der Waals surface area contributed by atoms with Crippen molar-refractivity contribution in [3.63, 3.8) is 0 Å². The number of aromatic nitrogens is 1. The number of benzene rings is 11. The fourth-order valence-corrected chi connectivity index (χ4v) is 9.89. The van der Waals surface area contributed by atoms with E-state index >= 15 is 0 Å². The molecule has 0 aliphatic heterocycles. The Morgan fingerprint density at radius 2 is 0.703 bits per heavy atom. The first-order chi connectivity index (χ1) is 31.8. The van der Waals surface area contributed by atoms with Crippen molar-refractivity contribution in [2.75, 3.05) is 4.90 Å². The predicted molar refractivity (Wildman–Crippen MR) is 272 cm³/mol. The van der Waals surface area contributed by atoms with E-state index in [9.17, 15) is 0 Å². The fraction of sp³-hybridized carbons (Fsp3) is 0. The summed E-state index contributed by atoms with van der Waals surface area (Å²) in [6.07, 6.45) is 0. The Kier molecular flexibility index (Phi) is 9.20.